The molecule has 1 aliphatic heterocycles. The standard InChI is InChI=1S/C24H26N2O3/c1-16-7-6-12-26(15-16)24(27)19-14-21(25-20-9-5-4-8-18(19)20)17-10-11-22(28-2)23(13-17)29-3/h4-5,8-11,13-14,16H,6-7,12,15H2,1-3H3/t16-/m1/s1. The number of rotatable bonds is 4. The minimum Gasteiger partial charge on any atom is -0.493 e. The zero-order valence-corrected chi connectivity index (χ0v) is 17.1. The molecular formula is C24H26N2O3. The van der Waals surface area contributed by atoms with Crippen LogP contribution in [0.25, 0.3) is 22.2 Å². The summed E-state index contributed by atoms with van der Waals surface area (Å²) in [6.45, 7) is 3.83. The Morgan fingerprint density at radius 2 is 1.86 bits per heavy atom. The smallest absolute Gasteiger partial charge is 0.254 e. The summed E-state index contributed by atoms with van der Waals surface area (Å²) in [5.41, 5.74) is 3.15. The van der Waals surface area contributed by atoms with Crippen molar-refractivity contribution in [3.8, 4) is 22.8 Å². The van der Waals surface area contributed by atoms with Gasteiger partial charge in [0.2, 0.25) is 0 Å². The monoisotopic (exact) mass is 390 g/mol. The van der Waals surface area contributed by atoms with Crippen molar-refractivity contribution in [3.63, 3.8) is 0 Å². The van der Waals surface area contributed by atoms with Crippen LogP contribution in [-0.4, -0.2) is 43.1 Å². The van der Waals surface area contributed by atoms with Gasteiger partial charge >= 0.3 is 0 Å². The van der Waals surface area contributed by atoms with Crippen molar-refractivity contribution in [1.82, 2.24) is 9.88 Å². The molecule has 2 aromatic carbocycles. The maximum absolute atomic E-state index is 13.4. The summed E-state index contributed by atoms with van der Waals surface area (Å²) in [5, 5.41) is 0.889. The van der Waals surface area contributed by atoms with Gasteiger partial charge < -0.3 is 14.4 Å². The van der Waals surface area contributed by atoms with E-state index in [1.165, 1.54) is 6.42 Å². The summed E-state index contributed by atoms with van der Waals surface area (Å²) in [6, 6.07) is 15.4. The van der Waals surface area contributed by atoms with Crippen LogP contribution in [0.1, 0.15) is 30.1 Å². The number of aromatic nitrogens is 1. The lowest BCUT2D eigenvalue weighted by Crippen LogP contribution is -2.39. The van der Waals surface area contributed by atoms with Gasteiger partial charge in [-0.2, -0.15) is 0 Å². The van der Waals surface area contributed by atoms with Gasteiger partial charge in [-0.15, -0.1) is 0 Å². The molecule has 0 unspecified atom stereocenters. The first-order chi connectivity index (χ1) is 14.1. The second-order valence-corrected chi connectivity index (χ2v) is 7.64. The maximum atomic E-state index is 13.4. The molecule has 0 aliphatic carbocycles. The Hall–Kier alpha value is -3.08. The number of nitrogens with zero attached hydrogens (tertiary/aromatic N) is 2. The summed E-state index contributed by atoms with van der Waals surface area (Å²) in [7, 11) is 3.23. The third-order valence-corrected chi connectivity index (χ3v) is 5.57. The molecule has 4 rings (SSSR count). The molecule has 0 N–H and O–H groups in total. The minimum absolute atomic E-state index is 0.0804. The molecule has 1 amide bonds. The number of pyridine rings is 1. The Labute approximate surface area is 171 Å². The lowest BCUT2D eigenvalue weighted by molar-refractivity contribution is 0.0685. The number of para-hydroxylation sites is 1. The van der Waals surface area contributed by atoms with Crippen LogP contribution < -0.4 is 9.47 Å². The van der Waals surface area contributed by atoms with E-state index < -0.39 is 0 Å². The van der Waals surface area contributed by atoms with Gasteiger partial charge in [-0.25, -0.2) is 4.98 Å². The summed E-state index contributed by atoms with van der Waals surface area (Å²) in [4.78, 5) is 20.2. The summed E-state index contributed by atoms with van der Waals surface area (Å²) in [5.74, 6) is 1.91. The van der Waals surface area contributed by atoms with E-state index in [0.717, 1.165) is 41.7 Å². The second-order valence-electron chi connectivity index (χ2n) is 7.64. The predicted molar refractivity (Wildman–Crippen MR) is 115 cm³/mol. The molecule has 0 spiro atoms. The number of likely N-dealkylation sites (tertiary alicyclic amines) is 1. The van der Waals surface area contributed by atoms with Crippen molar-refractivity contribution in [2.75, 3.05) is 27.3 Å². The van der Waals surface area contributed by atoms with E-state index in [9.17, 15) is 4.79 Å². The fourth-order valence-electron chi connectivity index (χ4n) is 4.04. The number of carbonyl (C=O) groups excluding carboxylic acids is 1. The highest BCUT2D eigenvalue weighted by molar-refractivity contribution is 6.07. The van der Waals surface area contributed by atoms with E-state index in [0.29, 0.717) is 23.0 Å². The highest BCUT2D eigenvalue weighted by Gasteiger charge is 2.24. The Balaban J connectivity index is 1.82. The number of benzene rings is 2. The molecule has 0 radical (unpaired) electrons. The summed E-state index contributed by atoms with van der Waals surface area (Å²) in [6.07, 6.45) is 2.23. The first-order valence-electron chi connectivity index (χ1n) is 10.0. The Bertz CT molecular complexity index is 1050. The number of methoxy groups -OCH3 is 2. The van der Waals surface area contributed by atoms with Gasteiger partial charge in [0.25, 0.3) is 5.91 Å². The largest absolute Gasteiger partial charge is 0.493 e. The SMILES string of the molecule is COc1ccc(-c2cc(C(=O)N3CCC[C@@H](C)C3)c3ccccc3n2)cc1OC. The van der Waals surface area contributed by atoms with E-state index >= 15 is 0 Å². The van der Waals surface area contributed by atoms with Crippen LogP contribution in [0.5, 0.6) is 11.5 Å². The van der Waals surface area contributed by atoms with E-state index in [1.807, 2.05) is 53.4 Å². The quantitative estimate of drug-likeness (QED) is 0.643. The minimum atomic E-state index is 0.0804. The zero-order chi connectivity index (χ0) is 20.4. The summed E-state index contributed by atoms with van der Waals surface area (Å²) < 4.78 is 10.8. The van der Waals surface area contributed by atoms with Crippen LogP contribution in [-0.2, 0) is 0 Å². The van der Waals surface area contributed by atoms with Gasteiger partial charge in [0, 0.05) is 24.0 Å². The van der Waals surface area contributed by atoms with Crippen LogP contribution in [0.4, 0.5) is 0 Å². The van der Waals surface area contributed by atoms with Crippen molar-refractivity contribution < 1.29 is 14.3 Å². The van der Waals surface area contributed by atoms with Crippen molar-refractivity contribution in [1.29, 1.82) is 0 Å². The van der Waals surface area contributed by atoms with Gasteiger partial charge in [0.1, 0.15) is 0 Å². The van der Waals surface area contributed by atoms with Gasteiger partial charge in [-0.05, 0) is 49.1 Å². The van der Waals surface area contributed by atoms with Gasteiger partial charge in [0.15, 0.2) is 11.5 Å². The topological polar surface area (TPSA) is 51.7 Å². The van der Waals surface area contributed by atoms with Crippen molar-refractivity contribution in [2.45, 2.75) is 19.8 Å². The fourth-order valence-corrected chi connectivity index (χ4v) is 4.04. The Morgan fingerprint density at radius 1 is 1.07 bits per heavy atom. The summed E-state index contributed by atoms with van der Waals surface area (Å²) >= 11 is 0. The third-order valence-electron chi connectivity index (χ3n) is 5.57. The number of carbonyl (C=O) groups is 1. The van der Waals surface area contributed by atoms with E-state index in [-0.39, 0.29) is 5.91 Å². The molecule has 0 bridgehead atoms. The van der Waals surface area contributed by atoms with E-state index in [2.05, 4.69) is 6.92 Å². The van der Waals surface area contributed by atoms with Crippen molar-refractivity contribution in [3.05, 3.63) is 54.1 Å². The Morgan fingerprint density at radius 3 is 2.62 bits per heavy atom. The van der Waals surface area contributed by atoms with Gasteiger partial charge in [-0.1, -0.05) is 25.1 Å². The molecule has 1 saturated heterocycles. The first-order valence-corrected chi connectivity index (χ1v) is 10.0. The van der Waals surface area contributed by atoms with E-state index in [4.69, 9.17) is 14.5 Å². The molecule has 1 fully saturated rings. The normalized spacial score (nSPS) is 16.7. The number of hydrogen-bond acceptors (Lipinski definition) is 4. The third kappa shape index (κ3) is 3.77. The van der Waals surface area contributed by atoms with Crippen LogP contribution in [0.15, 0.2) is 48.5 Å². The zero-order valence-electron chi connectivity index (χ0n) is 17.1. The van der Waals surface area contributed by atoms with Crippen LogP contribution in [0, 0.1) is 5.92 Å². The first kappa shape index (κ1) is 19.2. The van der Waals surface area contributed by atoms with Gasteiger partial charge in [0.05, 0.1) is 31.0 Å². The highest BCUT2D eigenvalue weighted by atomic mass is 16.5. The average molecular weight is 390 g/mol. The molecule has 1 aromatic heterocycles. The lowest BCUT2D eigenvalue weighted by atomic mass is 9.98. The molecule has 0 saturated carbocycles. The molecular weight excluding hydrogens is 364 g/mol. The molecule has 1 aliphatic rings. The van der Waals surface area contributed by atoms with Crippen LogP contribution >= 0.6 is 0 Å². The number of hydrogen-bond donors (Lipinski definition) is 0. The number of piperidine rings is 1. The predicted octanol–water partition coefficient (Wildman–Crippen LogP) is 4.79. The highest BCUT2D eigenvalue weighted by Crippen LogP contribution is 2.33. The van der Waals surface area contributed by atoms with Crippen molar-refractivity contribution in [2.24, 2.45) is 5.92 Å². The number of fused-ring (bicyclic) bond motifs is 1. The molecule has 3 aromatic rings. The van der Waals surface area contributed by atoms with Crippen molar-refractivity contribution >= 4 is 16.8 Å². The number of ether oxygens (including phenoxy) is 2. The van der Waals surface area contributed by atoms with Gasteiger partial charge in [-0.3, -0.25) is 4.79 Å². The number of amides is 1. The molecule has 150 valence electrons. The second kappa shape index (κ2) is 8.11. The molecule has 5 heteroatoms. The van der Waals surface area contributed by atoms with E-state index in [1.54, 1.807) is 14.2 Å². The molecule has 5 nitrogen and oxygen atoms in total. The Kier molecular flexibility index (Phi) is 5.38. The maximum Gasteiger partial charge on any atom is 0.254 e. The fraction of sp³-hybridized carbons (Fsp3) is 0.333. The van der Waals surface area contributed by atoms with Crippen LogP contribution in [0.2, 0.25) is 0 Å². The average Bonchev–Trinajstić information content (AvgIpc) is 2.77. The van der Waals surface area contributed by atoms with Crippen LogP contribution in [0.3, 0.4) is 0 Å². The molecule has 1 atom stereocenters. The molecule has 2 heterocycles. The lowest BCUT2D eigenvalue weighted by Gasteiger charge is -2.31. The molecule has 29 heavy (non-hydrogen) atoms.